The normalized spacial score (nSPS) is 16.1. The summed E-state index contributed by atoms with van der Waals surface area (Å²) in [5, 5.41) is 2.97. The molecular formula is C21H33N3O5S2. The first-order chi connectivity index (χ1) is 14.7. The van der Waals surface area contributed by atoms with Gasteiger partial charge in [-0.2, -0.15) is 16.5 Å². The summed E-state index contributed by atoms with van der Waals surface area (Å²) in [6.45, 7) is 6.65. The van der Waals surface area contributed by atoms with Gasteiger partial charge in [-0.1, -0.05) is 12.1 Å². The van der Waals surface area contributed by atoms with E-state index in [4.69, 9.17) is 4.74 Å². The van der Waals surface area contributed by atoms with Crippen molar-refractivity contribution in [2.45, 2.75) is 57.0 Å². The van der Waals surface area contributed by atoms with Gasteiger partial charge >= 0.3 is 6.09 Å². The highest BCUT2D eigenvalue weighted by Gasteiger charge is 2.30. The Labute approximate surface area is 189 Å². The van der Waals surface area contributed by atoms with Gasteiger partial charge in [-0.15, -0.1) is 0 Å². The number of rotatable bonds is 9. The number of amides is 2. The smallest absolute Gasteiger partial charge is 0.409 e. The van der Waals surface area contributed by atoms with Gasteiger partial charge in [-0.05, 0) is 69.2 Å². The minimum atomic E-state index is -3.84. The molecule has 8 nitrogen and oxygen atoms in total. The Morgan fingerprint density at radius 1 is 1.26 bits per heavy atom. The lowest BCUT2D eigenvalue weighted by molar-refractivity contribution is -0.123. The Hall–Kier alpha value is -1.78. The lowest BCUT2D eigenvalue weighted by Crippen LogP contribution is -2.52. The van der Waals surface area contributed by atoms with Crippen LogP contribution in [0.4, 0.5) is 4.79 Å². The number of piperidine rings is 1. The lowest BCUT2D eigenvalue weighted by atomic mass is 10.0. The Kier molecular flexibility index (Phi) is 9.64. The SMILES string of the molecule is CCOC(=O)N1CCC(NC(=O)[C@@H](CCSC)NS(=O)(=O)c2cc(C)ccc2C)CC1. The number of ether oxygens (including phenoxy) is 1. The maximum atomic E-state index is 13.0. The second-order valence-electron chi connectivity index (χ2n) is 7.69. The van der Waals surface area contributed by atoms with Crippen LogP contribution in [0.25, 0.3) is 0 Å². The average Bonchev–Trinajstić information content (AvgIpc) is 2.73. The van der Waals surface area contributed by atoms with E-state index < -0.39 is 16.1 Å². The number of nitrogens with zero attached hydrogens (tertiary/aromatic N) is 1. The molecule has 1 aromatic carbocycles. The van der Waals surface area contributed by atoms with E-state index in [2.05, 4.69) is 10.0 Å². The molecule has 0 aliphatic carbocycles. The van der Waals surface area contributed by atoms with Crippen LogP contribution in [-0.4, -0.2) is 69.1 Å². The minimum Gasteiger partial charge on any atom is -0.450 e. The summed E-state index contributed by atoms with van der Waals surface area (Å²) in [7, 11) is -3.84. The Balaban J connectivity index is 2.04. The van der Waals surface area contributed by atoms with E-state index in [0.29, 0.717) is 50.3 Å². The van der Waals surface area contributed by atoms with Gasteiger partial charge in [0.1, 0.15) is 6.04 Å². The van der Waals surface area contributed by atoms with Crippen molar-refractivity contribution in [2.24, 2.45) is 0 Å². The summed E-state index contributed by atoms with van der Waals surface area (Å²) in [6.07, 6.45) is 3.16. The predicted octanol–water partition coefficient (Wildman–Crippen LogP) is 2.44. The Bertz CT molecular complexity index is 868. The minimum absolute atomic E-state index is 0.111. The summed E-state index contributed by atoms with van der Waals surface area (Å²) in [5.74, 6) is 0.312. The van der Waals surface area contributed by atoms with E-state index in [0.717, 1.165) is 5.56 Å². The van der Waals surface area contributed by atoms with Gasteiger partial charge in [-0.3, -0.25) is 4.79 Å². The highest BCUT2D eigenvalue weighted by Crippen LogP contribution is 2.18. The monoisotopic (exact) mass is 471 g/mol. The van der Waals surface area contributed by atoms with Crippen molar-refractivity contribution in [2.75, 3.05) is 31.7 Å². The van der Waals surface area contributed by atoms with Gasteiger partial charge < -0.3 is 15.0 Å². The molecule has 31 heavy (non-hydrogen) atoms. The summed E-state index contributed by atoms with van der Waals surface area (Å²) in [4.78, 5) is 26.6. The lowest BCUT2D eigenvalue weighted by Gasteiger charge is -2.32. The summed E-state index contributed by atoms with van der Waals surface area (Å²) >= 11 is 1.56. The van der Waals surface area contributed by atoms with Crippen molar-refractivity contribution in [1.29, 1.82) is 0 Å². The Morgan fingerprint density at radius 2 is 1.94 bits per heavy atom. The van der Waals surface area contributed by atoms with Crippen molar-refractivity contribution in [3.63, 3.8) is 0 Å². The molecule has 2 amide bonds. The third-order valence-electron chi connectivity index (χ3n) is 5.23. The highest BCUT2D eigenvalue weighted by molar-refractivity contribution is 7.98. The molecule has 0 unspecified atom stereocenters. The molecule has 0 aromatic heterocycles. The fourth-order valence-corrected chi connectivity index (χ4v) is 5.48. The third kappa shape index (κ3) is 7.40. The number of likely N-dealkylation sites (tertiary alicyclic amines) is 1. The molecule has 0 spiro atoms. The van der Waals surface area contributed by atoms with E-state index in [1.165, 1.54) is 0 Å². The molecule has 0 radical (unpaired) electrons. The molecule has 1 saturated heterocycles. The molecule has 2 N–H and O–H groups in total. The second kappa shape index (κ2) is 11.7. The number of hydrogen-bond donors (Lipinski definition) is 2. The van der Waals surface area contributed by atoms with Gasteiger partial charge in [0.25, 0.3) is 0 Å². The van der Waals surface area contributed by atoms with Crippen LogP contribution < -0.4 is 10.0 Å². The van der Waals surface area contributed by atoms with Crippen LogP contribution in [0.3, 0.4) is 0 Å². The average molecular weight is 472 g/mol. The zero-order valence-electron chi connectivity index (χ0n) is 18.6. The van der Waals surface area contributed by atoms with Gasteiger partial charge in [0.15, 0.2) is 0 Å². The number of aryl methyl sites for hydroxylation is 2. The molecule has 0 saturated carbocycles. The molecule has 1 heterocycles. The molecule has 1 aliphatic heterocycles. The Morgan fingerprint density at radius 3 is 2.55 bits per heavy atom. The molecular weight excluding hydrogens is 438 g/mol. The summed E-state index contributed by atoms with van der Waals surface area (Å²) < 4.78 is 33.6. The molecule has 10 heteroatoms. The predicted molar refractivity (Wildman–Crippen MR) is 123 cm³/mol. The van der Waals surface area contributed by atoms with Crippen LogP contribution in [0.5, 0.6) is 0 Å². The maximum Gasteiger partial charge on any atom is 0.409 e. The number of carbonyl (C=O) groups is 2. The van der Waals surface area contributed by atoms with Gasteiger partial charge in [0, 0.05) is 19.1 Å². The van der Waals surface area contributed by atoms with Crippen LogP contribution in [0.2, 0.25) is 0 Å². The summed E-state index contributed by atoms with van der Waals surface area (Å²) in [6, 6.07) is 4.26. The van der Waals surface area contributed by atoms with Crippen molar-refractivity contribution in [3.05, 3.63) is 29.3 Å². The molecule has 2 rings (SSSR count). The molecule has 0 bridgehead atoms. The van der Waals surface area contributed by atoms with E-state index in [-0.39, 0.29) is 22.9 Å². The maximum absolute atomic E-state index is 13.0. The van der Waals surface area contributed by atoms with Gasteiger partial charge in [0.2, 0.25) is 15.9 Å². The fourth-order valence-electron chi connectivity index (χ4n) is 3.45. The zero-order valence-corrected chi connectivity index (χ0v) is 20.3. The van der Waals surface area contributed by atoms with Crippen LogP contribution in [0.1, 0.15) is 37.3 Å². The summed E-state index contributed by atoms with van der Waals surface area (Å²) in [5.41, 5.74) is 1.47. The quantitative estimate of drug-likeness (QED) is 0.573. The third-order valence-corrected chi connectivity index (χ3v) is 7.48. The first-order valence-corrected chi connectivity index (χ1v) is 13.4. The van der Waals surface area contributed by atoms with Crippen molar-refractivity contribution in [1.82, 2.24) is 14.9 Å². The molecule has 1 fully saturated rings. The molecule has 1 aliphatic rings. The largest absolute Gasteiger partial charge is 0.450 e. The molecule has 1 atom stereocenters. The first kappa shape index (κ1) is 25.5. The van der Waals surface area contributed by atoms with Crippen molar-refractivity contribution < 1.29 is 22.7 Å². The van der Waals surface area contributed by atoms with Crippen LogP contribution in [0, 0.1) is 13.8 Å². The van der Waals surface area contributed by atoms with Crippen LogP contribution in [0.15, 0.2) is 23.1 Å². The number of benzene rings is 1. The number of nitrogens with one attached hydrogen (secondary N) is 2. The van der Waals surface area contributed by atoms with Gasteiger partial charge in [-0.25, -0.2) is 13.2 Å². The number of hydrogen-bond acceptors (Lipinski definition) is 6. The van der Waals surface area contributed by atoms with Crippen molar-refractivity contribution in [3.8, 4) is 0 Å². The highest BCUT2D eigenvalue weighted by atomic mass is 32.2. The van der Waals surface area contributed by atoms with E-state index in [9.17, 15) is 18.0 Å². The topological polar surface area (TPSA) is 105 Å². The molecule has 1 aromatic rings. The number of carbonyl (C=O) groups excluding carboxylic acids is 2. The van der Waals surface area contributed by atoms with Gasteiger partial charge in [0.05, 0.1) is 11.5 Å². The molecule has 174 valence electrons. The first-order valence-electron chi connectivity index (χ1n) is 10.5. The standard InChI is InChI=1S/C21H33N3O5S2/c1-5-29-21(26)24-11-8-17(9-12-24)22-20(25)18(10-13-30-4)23-31(27,28)19-14-15(2)6-7-16(19)3/h6-7,14,17-18,23H,5,8-13H2,1-4H3,(H,22,25)/t18-/m1/s1. The van der Waals surface area contributed by atoms with E-state index in [1.54, 1.807) is 42.6 Å². The fraction of sp³-hybridized carbons (Fsp3) is 0.619. The van der Waals surface area contributed by atoms with Crippen molar-refractivity contribution >= 4 is 33.8 Å². The zero-order chi connectivity index (χ0) is 23.0. The second-order valence-corrected chi connectivity index (χ2v) is 10.4. The van der Waals surface area contributed by atoms with Crippen LogP contribution in [-0.2, 0) is 19.6 Å². The van der Waals surface area contributed by atoms with Crippen LogP contribution >= 0.6 is 11.8 Å². The number of sulfonamides is 1. The van der Waals surface area contributed by atoms with E-state index >= 15 is 0 Å². The van der Waals surface area contributed by atoms with E-state index in [1.807, 2.05) is 19.2 Å². The number of thioether (sulfide) groups is 1.